The molecular weight excluding hydrogens is 250 g/mol. The number of nitrogen functional groups attached to an aromatic ring is 1. The minimum Gasteiger partial charge on any atom is -0.397 e. The fourth-order valence-corrected chi connectivity index (χ4v) is 3.47. The molecule has 5 nitrogen and oxygen atoms in total. The maximum absolute atomic E-state index is 6.51. The van der Waals surface area contributed by atoms with Gasteiger partial charge >= 0.3 is 0 Å². The molecule has 2 unspecified atom stereocenters. The molecule has 3 rings (SSSR count). The second-order valence-electron chi connectivity index (χ2n) is 5.27. The molecule has 2 aliphatic rings. The number of likely N-dealkylation sites (tertiary alicyclic amines) is 1. The Balaban J connectivity index is 1.92. The van der Waals surface area contributed by atoms with Crippen LogP contribution in [0.25, 0.3) is 0 Å². The van der Waals surface area contributed by atoms with Crippen molar-refractivity contribution in [3.05, 3.63) is 11.8 Å². The number of aromatic nitrogens is 1. The van der Waals surface area contributed by atoms with Crippen LogP contribution in [0.5, 0.6) is 0 Å². The number of H-pyrrole nitrogens is 1. The second-order valence-corrected chi connectivity index (χ2v) is 5.83. The highest BCUT2D eigenvalue weighted by atomic mass is 35.5. The lowest BCUT2D eigenvalue weighted by molar-refractivity contribution is 0.145. The molecule has 1 aromatic heterocycles. The molecule has 0 aliphatic carbocycles. The molecular formula is C12H20ClN5. The van der Waals surface area contributed by atoms with E-state index in [9.17, 15) is 0 Å². The number of nitrogens with one attached hydrogen (secondary N) is 2. The number of anilines is 2. The van der Waals surface area contributed by atoms with E-state index in [1.165, 1.54) is 0 Å². The van der Waals surface area contributed by atoms with Gasteiger partial charge in [0.05, 0.1) is 17.1 Å². The standard InChI is InChI=1S/C12H20ClN5/c13-8-4-16-12-10(9(15)5-17-12)11(8)18-3-1-2-7(14)6-18/h5,7-8,11,16-17H,1-4,6,14-15H2/t7-,8?,11?/m1/s1. The van der Waals surface area contributed by atoms with Crippen LogP contribution in [-0.2, 0) is 0 Å². The Bertz CT molecular complexity index is 432. The highest BCUT2D eigenvalue weighted by Gasteiger charge is 2.36. The minimum absolute atomic E-state index is 0.0286. The summed E-state index contributed by atoms with van der Waals surface area (Å²) < 4.78 is 0. The predicted octanol–water partition coefficient (Wildman–Crippen LogP) is 1.09. The van der Waals surface area contributed by atoms with Crippen molar-refractivity contribution in [2.75, 3.05) is 30.7 Å². The van der Waals surface area contributed by atoms with Gasteiger partial charge in [0.2, 0.25) is 0 Å². The summed E-state index contributed by atoms with van der Waals surface area (Å²) in [7, 11) is 0. The van der Waals surface area contributed by atoms with E-state index >= 15 is 0 Å². The van der Waals surface area contributed by atoms with Crippen molar-refractivity contribution in [1.29, 1.82) is 0 Å². The van der Waals surface area contributed by atoms with Crippen LogP contribution in [0, 0.1) is 0 Å². The van der Waals surface area contributed by atoms with E-state index in [0.717, 1.165) is 49.5 Å². The summed E-state index contributed by atoms with van der Waals surface area (Å²) in [6.45, 7) is 2.70. The maximum Gasteiger partial charge on any atom is 0.110 e. The highest BCUT2D eigenvalue weighted by molar-refractivity contribution is 6.21. The highest BCUT2D eigenvalue weighted by Crippen LogP contribution is 2.40. The Morgan fingerprint density at radius 1 is 1.44 bits per heavy atom. The van der Waals surface area contributed by atoms with E-state index in [4.69, 9.17) is 23.1 Å². The van der Waals surface area contributed by atoms with E-state index in [0.29, 0.717) is 0 Å². The van der Waals surface area contributed by atoms with Gasteiger partial charge in [-0.05, 0) is 19.4 Å². The average Bonchev–Trinajstić information content (AvgIpc) is 2.71. The van der Waals surface area contributed by atoms with Gasteiger partial charge in [-0.25, -0.2) is 0 Å². The lowest BCUT2D eigenvalue weighted by atomic mass is 9.95. The Hall–Kier alpha value is -0.910. The summed E-state index contributed by atoms with van der Waals surface area (Å²) in [5.74, 6) is 1.01. The number of hydrogen-bond acceptors (Lipinski definition) is 4. The molecule has 3 atom stereocenters. The van der Waals surface area contributed by atoms with Gasteiger partial charge in [0.25, 0.3) is 0 Å². The molecule has 0 aromatic carbocycles. The quantitative estimate of drug-likeness (QED) is 0.575. The predicted molar refractivity (Wildman–Crippen MR) is 74.9 cm³/mol. The van der Waals surface area contributed by atoms with E-state index in [2.05, 4.69) is 15.2 Å². The molecule has 1 saturated heterocycles. The smallest absolute Gasteiger partial charge is 0.110 e. The van der Waals surface area contributed by atoms with Gasteiger partial charge in [0, 0.05) is 30.9 Å². The molecule has 100 valence electrons. The third kappa shape index (κ3) is 1.96. The summed E-state index contributed by atoms with van der Waals surface area (Å²) in [4.78, 5) is 5.56. The normalized spacial score (nSPS) is 32.9. The van der Waals surface area contributed by atoms with Crippen LogP contribution in [0.15, 0.2) is 6.20 Å². The summed E-state index contributed by atoms with van der Waals surface area (Å²) >= 11 is 6.51. The third-order valence-corrected chi connectivity index (χ3v) is 4.34. The van der Waals surface area contributed by atoms with Crippen LogP contribution in [0.4, 0.5) is 11.5 Å². The van der Waals surface area contributed by atoms with Crippen LogP contribution in [-0.4, -0.2) is 40.9 Å². The number of hydrogen-bond donors (Lipinski definition) is 4. The fraction of sp³-hybridized carbons (Fsp3) is 0.667. The van der Waals surface area contributed by atoms with Gasteiger partial charge in [0.1, 0.15) is 5.82 Å². The lowest BCUT2D eigenvalue weighted by Gasteiger charge is -2.41. The molecule has 0 saturated carbocycles. The van der Waals surface area contributed by atoms with Crippen molar-refractivity contribution in [2.24, 2.45) is 5.73 Å². The molecule has 18 heavy (non-hydrogen) atoms. The van der Waals surface area contributed by atoms with Crippen LogP contribution < -0.4 is 16.8 Å². The molecule has 1 fully saturated rings. The lowest BCUT2D eigenvalue weighted by Crippen LogP contribution is -2.48. The van der Waals surface area contributed by atoms with Gasteiger partial charge < -0.3 is 21.8 Å². The average molecular weight is 270 g/mol. The Morgan fingerprint density at radius 3 is 3.06 bits per heavy atom. The topological polar surface area (TPSA) is 83.1 Å². The van der Waals surface area contributed by atoms with Crippen LogP contribution >= 0.6 is 11.6 Å². The summed E-state index contributed by atoms with van der Waals surface area (Å²) in [6, 6.07) is 0.418. The molecule has 2 aliphatic heterocycles. The van der Waals surface area contributed by atoms with Crippen LogP contribution in [0.3, 0.4) is 0 Å². The summed E-state index contributed by atoms with van der Waals surface area (Å²) in [5, 5.41) is 3.32. The van der Waals surface area contributed by atoms with Crippen molar-refractivity contribution in [3.8, 4) is 0 Å². The van der Waals surface area contributed by atoms with Gasteiger partial charge in [-0.1, -0.05) is 0 Å². The van der Waals surface area contributed by atoms with Gasteiger partial charge in [-0.3, -0.25) is 4.90 Å². The van der Waals surface area contributed by atoms with E-state index in [1.54, 1.807) is 0 Å². The van der Waals surface area contributed by atoms with Crippen molar-refractivity contribution in [2.45, 2.75) is 30.3 Å². The SMILES string of the molecule is Nc1c[nH]c2c1C(N1CCC[C@@H](N)C1)C(Cl)CN2. The number of aromatic amines is 1. The largest absolute Gasteiger partial charge is 0.397 e. The second kappa shape index (κ2) is 4.64. The van der Waals surface area contributed by atoms with E-state index in [-0.39, 0.29) is 17.5 Å². The first-order valence-electron chi connectivity index (χ1n) is 6.51. The molecule has 0 bridgehead atoms. The number of nitrogens with zero attached hydrogens (tertiary/aromatic N) is 1. The monoisotopic (exact) mass is 269 g/mol. The minimum atomic E-state index is 0.0286. The molecule has 0 spiro atoms. The zero-order valence-electron chi connectivity index (χ0n) is 10.3. The number of alkyl halides is 1. The Labute approximate surface area is 112 Å². The van der Waals surface area contributed by atoms with Crippen molar-refractivity contribution >= 4 is 23.1 Å². The first kappa shape index (κ1) is 12.1. The van der Waals surface area contributed by atoms with Crippen molar-refractivity contribution in [3.63, 3.8) is 0 Å². The molecule has 1 aromatic rings. The molecule has 6 heteroatoms. The molecule has 0 radical (unpaired) electrons. The Morgan fingerprint density at radius 2 is 2.28 bits per heavy atom. The van der Waals surface area contributed by atoms with Crippen molar-refractivity contribution < 1.29 is 0 Å². The number of piperidine rings is 1. The zero-order valence-corrected chi connectivity index (χ0v) is 11.1. The number of fused-ring (bicyclic) bond motifs is 1. The van der Waals surface area contributed by atoms with Gasteiger partial charge in [0.15, 0.2) is 0 Å². The van der Waals surface area contributed by atoms with Crippen molar-refractivity contribution in [1.82, 2.24) is 9.88 Å². The first-order valence-corrected chi connectivity index (χ1v) is 6.94. The summed E-state index contributed by atoms with van der Waals surface area (Å²) in [5.41, 5.74) is 14.0. The number of nitrogens with two attached hydrogens (primary N) is 2. The number of halogens is 1. The van der Waals surface area contributed by atoms with Crippen LogP contribution in [0.1, 0.15) is 24.4 Å². The number of rotatable bonds is 1. The summed E-state index contributed by atoms with van der Waals surface area (Å²) in [6.07, 6.45) is 4.07. The third-order valence-electron chi connectivity index (χ3n) is 3.95. The van der Waals surface area contributed by atoms with E-state index < -0.39 is 0 Å². The molecule has 3 heterocycles. The van der Waals surface area contributed by atoms with Gasteiger partial charge in [-0.15, -0.1) is 11.6 Å². The Kier molecular flexibility index (Phi) is 3.13. The van der Waals surface area contributed by atoms with Gasteiger partial charge in [-0.2, -0.15) is 0 Å². The van der Waals surface area contributed by atoms with E-state index in [1.807, 2.05) is 6.20 Å². The fourth-order valence-electron chi connectivity index (χ4n) is 3.11. The molecule has 6 N–H and O–H groups in total. The first-order chi connectivity index (χ1) is 8.66. The maximum atomic E-state index is 6.51. The zero-order chi connectivity index (χ0) is 12.7. The van der Waals surface area contributed by atoms with Crippen LogP contribution in [0.2, 0.25) is 0 Å². The molecule has 0 amide bonds.